The highest BCUT2D eigenvalue weighted by atomic mass is 15.1. The minimum absolute atomic E-state index is 0.380. The monoisotopic (exact) mass is 767 g/mol. The fourth-order valence-electron chi connectivity index (χ4n) is 16.0. The first-order valence-corrected chi connectivity index (χ1v) is 23.5. The Morgan fingerprint density at radius 1 is 0.390 bits per heavy atom. The summed E-state index contributed by atoms with van der Waals surface area (Å²) in [4.78, 5) is 2.63. The third-order valence-electron chi connectivity index (χ3n) is 17.8. The van der Waals surface area contributed by atoms with Gasteiger partial charge in [-0.2, -0.15) is 0 Å². The Kier molecular flexibility index (Phi) is 7.73. The number of hydrogen-bond acceptors (Lipinski definition) is 1. The molecule has 59 heavy (non-hydrogen) atoms. The zero-order valence-electron chi connectivity index (χ0n) is 34.5. The average molecular weight is 768 g/mol. The molecule has 0 spiro atoms. The molecule has 1 heteroatoms. The van der Waals surface area contributed by atoms with E-state index < -0.39 is 5.41 Å². The molecular formula is C58H57N. The third kappa shape index (κ3) is 5.09. The van der Waals surface area contributed by atoms with Crippen LogP contribution in [0, 0.1) is 35.5 Å². The SMILES string of the molecule is c1ccc(C2(c3ccccc3)c3ccccc3-c3c(N(c4ccc(C56CC7CC(CC(C7)C5)C6)cc4)c4ccc(C56CC7CCC5CCC(C7)C6)cc4)cccc32)cc1. The van der Waals surface area contributed by atoms with E-state index in [9.17, 15) is 0 Å². The van der Waals surface area contributed by atoms with Crippen LogP contribution in [0.3, 0.4) is 0 Å². The minimum Gasteiger partial charge on any atom is -0.310 e. The second kappa shape index (κ2) is 13.1. The highest BCUT2D eigenvalue weighted by Gasteiger charge is 2.53. The molecule has 1 nitrogen and oxygen atoms in total. The summed E-state index contributed by atoms with van der Waals surface area (Å²) >= 11 is 0. The van der Waals surface area contributed by atoms with Gasteiger partial charge in [-0.15, -0.1) is 0 Å². The van der Waals surface area contributed by atoms with Crippen molar-refractivity contribution in [1.82, 2.24) is 0 Å². The molecule has 2 atom stereocenters. The largest absolute Gasteiger partial charge is 0.310 e. The van der Waals surface area contributed by atoms with Crippen LogP contribution in [0.15, 0.2) is 152 Å². The zero-order chi connectivity index (χ0) is 38.8. The van der Waals surface area contributed by atoms with Crippen molar-refractivity contribution in [1.29, 1.82) is 0 Å². The van der Waals surface area contributed by atoms with Gasteiger partial charge in [-0.25, -0.2) is 0 Å². The van der Waals surface area contributed by atoms with Crippen molar-refractivity contribution in [2.24, 2.45) is 35.5 Å². The molecule has 0 N–H and O–H groups in total. The predicted octanol–water partition coefficient (Wildman–Crippen LogP) is 14.8. The molecule has 0 heterocycles. The van der Waals surface area contributed by atoms with Crippen LogP contribution in [-0.2, 0) is 16.2 Å². The second-order valence-electron chi connectivity index (χ2n) is 20.7. The fraction of sp³-hybridized carbons (Fsp3) is 0.379. The molecule has 0 aromatic heterocycles. The first kappa shape index (κ1) is 34.9. The van der Waals surface area contributed by atoms with E-state index in [0.29, 0.717) is 10.8 Å². The number of rotatable bonds is 7. The topological polar surface area (TPSA) is 3.24 Å². The van der Waals surface area contributed by atoms with Gasteiger partial charge in [0.2, 0.25) is 0 Å². The van der Waals surface area contributed by atoms with Crippen LogP contribution in [0.1, 0.15) is 117 Å². The molecule has 7 bridgehead atoms. The molecule has 6 aromatic rings. The fourth-order valence-corrected chi connectivity index (χ4v) is 16.0. The lowest BCUT2D eigenvalue weighted by molar-refractivity contribution is -0.00518. The van der Waals surface area contributed by atoms with Gasteiger partial charge in [0.25, 0.3) is 0 Å². The van der Waals surface area contributed by atoms with Gasteiger partial charge >= 0.3 is 0 Å². The van der Waals surface area contributed by atoms with E-state index in [1.165, 1.54) is 134 Å². The Labute approximate surface area is 351 Å². The molecule has 6 aromatic carbocycles. The van der Waals surface area contributed by atoms with Gasteiger partial charge in [-0.05, 0) is 186 Å². The third-order valence-corrected chi connectivity index (χ3v) is 17.8. The molecule has 0 radical (unpaired) electrons. The van der Waals surface area contributed by atoms with Crippen molar-refractivity contribution in [3.8, 4) is 11.1 Å². The Hall–Kier alpha value is -4.88. The van der Waals surface area contributed by atoms with Crippen LogP contribution < -0.4 is 4.90 Å². The summed E-state index contributed by atoms with van der Waals surface area (Å²) in [6.07, 6.45) is 18.7. The Bertz CT molecular complexity index is 2440. The Morgan fingerprint density at radius 3 is 1.49 bits per heavy atom. The Balaban J connectivity index is 0.993. The summed E-state index contributed by atoms with van der Waals surface area (Å²) in [5, 5.41) is 0. The van der Waals surface area contributed by atoms with Crippen molar-refractivity contribution in [3.05, 3.63) is 185 Å². The van der Waals surface area contributed by atoms with E-state index in [1.54, 1.807) is 11.1 Å². The van der Waals surface area contributed by atoms with E-state index in [-0.39, 0.29) is 0 Å². The smallest absolute Gasteiger partial charge is 0.0714 e. The highest BCUT2D eigenvalue weighted by molar-refractivity contribution is 5.97. The molecule has 2 unspecified atom stereocenters. The lowest BCUT2D eigenvalue weighted by atomic mass is 9.47. The van der Waals surface area contributed by atoms with Crippen LogP contribution in [0.4, 0.5) is 17.1 Å². The molecule has 14 rings (SSSR count). The molecule has 294 valence electrons. The quantitative estimate of drug-likeness (QED) is 0.156. The summed E-state index contributed by atoms with van der Waals surface area (Å²) in [6, 6.07) is 59.3. The summed E-state index contributed by atoms with van der Waals surface area (Å²) < 4.78 is 0. The van der Waals surface area contributed by atoms with E-state index in [2.05, 4.69) is 157 Å². The van der Waals surface area contributed by atoms with Gasteiger partial charge in [0.1, 0.15) is 0 Å². The lowest BCUT2D eigenvalue weighted by Crippen LogP contribution is -2.49. The standard InChI is InChI=1S/C58H57N/c1-3-10-47(11-4-1)58(48-12-5-2-6-13-48)52-15-8-7-14-51(52)55-53(58)16-9-17-54(55)59(49-26-22-44(23-27-49)56-34-41-31-42(35-56)33-43(32-41)36-56)50-28-24-46(25-29-50)57-37-39-18-20-45(57)21-19-40(30-39)38-57/h1-17,22-29,39-43,45H,18-21,30-38H2. The predicted molar refractivity (Wildman–Crippen MR) is 243 cm³/mol. The summed E-state index contributed by atoms with van der Waals surface area (Å²) in [5.41, 5.74) is 15.4. The van der Waals surface area contributed by atoms with Gasteiger partial charge in [0.15, 0.2) is 0 Å². The molecular weight excluding hydrogens is 711 g/mol. The van der Waals surface area contributed by atoms with Crippen LogP contribution >= 0.6 is 0 Å². The van der Waals surface area contributed by atoms with Gasteiger partial charge < -0.3 is 4.90 Å². The second-order valence-corrected chi connectivity index (χ2v) is 20.7. The first-order valence-electron chi connectivity index (χ1n) is 23.5. The van der Waals surface area contributed by atoms with Gasteiger partial charge in [0, 0.05) is 16.9 Å². The normalized spacial score (nSPS) is 31.5. The first-order chi connectivity index (χ1) is 29.1. The molecule has 7 saturated carbocycles. The van der Waals surface area contributed by atoms with E-state index in [0.717, 1.165) is 35.5 Å². The number of fused-ring (bicyclic) bond motifs is 5. The van der Waals surface area contributed by atoms with Crippen molar-refractivity contribution in [2.75, 3.05) is 4.90 Å². The molecule has 8 aliphatic carbocycles. The molecule has 0 amide bonds. The molecule has 0 saturated heterocycles. The lowest BCUT2D eigenvalue weighted by Gasteiger charge is -2.57. The maximum absolute atomic E-state index is 2.63. The maximum atomic E-state index is 2.63. The van der Waals surface area contributed by atoms with E-state index in [4.69, 9.17) is 0 Å². The van der Waals surface area contributed by atoms with Crippen LogP contribution in [0.25, 0.3) is 11.1 Å². The number of nitrogens with zero attached hydrogens (tertiary/aromatic N) is 1. The summed E-state index contributed by atoms with van der Waals surface area (Å²) in [7, 11) is 0. The maximum Gasteiger partial charge on any atom is 0.0714 e. The van der Waals surface area contributed by atoms with Gasteiger partial charge in [-0.1, -0.05) is 134 Å². The van der Waals surface area contributed by atoms with Crippen molar-refractivity contribution in [2.45, 2.75) is 99.7 Å². The summed E-state index contributed by atoms with van der Waals surface area (Å²) in [6.45, 7) is 0. The zero-order valence-corrected chi connectivity index (χ0v) is 34.5. The molecule has 8 aliphatic rings. The highest BCUT2D eigenvalue weighted by Crippen LogP contribution is 2.63. The Morgan fingerprint density at radius 2 is 0.898 bits per heavy atom. The number of hydrogen-bond donors (Lipinski definition) is 0. The van der Waals surface area contributed by atoms with Crippen molar-refractivity contribution in [3.63, 3.8) is 0 Å². The van der Waals surface area contributed by atoms with E-state index >= 15 is 0 Å². The van der Waals surface area contributed by atoms with Crippen LogP contribution in [0.5, 0.6) is 0 Å². The molecule has 7 fully saturated rings. The van der Waals surface area contributed by atoms with Crippen molar-refractivity contribution < 1.29 is 0 Å². The van der Waals surface area contributed by atoms with Gasteiger partial charge in [-0.3, -0.25) is 0 Å². The minimum atomic E-state index is -0.431. The van der Waals surface area contributed by atoms with Crippen LogP contribution in [0.2, 0.25) is 0 Å². The van der Waals surface area contributed by atoms with Crippen molar-refractivity contribution >= 4 is 17.1 Å². The van der Waals surface area contributed by atoms with Gasteiger partial charge in [0.05, 0.1) is 11.1 Å². The summed E-state index contributed by atoms with van der Waals surface area (Å²) in [5.74, 6) is 5.53. The number of benzene rings is 6. The average Bonchev–Trinajstić information content (AvgIpc) is 3.58. The van der Waals surface area contributed by atoms with E-state index in [1.807, 2.05) is 0 Å². The number of anilines is 3. The van der Waals surface area contributed by atoms with Crippen LogP contribution in [-0.4, -0.2) is 0 Å². The molecule has 0 aliphatic heterocycles.